The fraction of sp³-hybridized carbons (Fsp3) is 0.178. The highest BCUT2D eigenvalue weighted by Gasteiger charge is 2.52. The standard InChI is InChI=1S/C21H18FN3O4S2.C20H22BFN2O4S.C19H14FN3O4S2.C14H10BrFN2O2S.C8H5BrFN.C8H6FN/c1-2-29-20(26)18-12-30-21(24-18)25-11-14(17-10-15(22)5-8-19(17)25)9-13-3-6-16(7-4-13)31(23,27)28;1-6-26-17(25)15-11-29-18(23-15)24-10-14(13-9-12(22)7-8-16(13)24)21-27-19(2,3)20(4,5)28-21;20-13-3-6-17-15(8-13)12(7-11-1-4-14(5-2-11)29(21,26)27)9-23(17)19-22-16(10-28-19)18(24)25;1-2-20-13(19)11-7-21-14(17-11)18-6-10(15)9-5-8(16)3-4-12(9)18;9-7-1-2-8-6(7)3-5(10)4-11-8;9-7-4-6-2-1-3-8(6)10-5-7/h3-8,10-12H,2,9H2,1H3,(H2,23,27,28);7-11H,6H2,1-5H3;1-6,8-10H,7H2,(H,24,25)(H2,21,26,27);3-7H,2H2,1H3;1,3-4H,2H2;1-2,4-5H,3H2. The molecule has 0 amide bonds. The van der Waals surface area contributed by atoms with Crippen LogP contribution in [0.25, 0.3) is 74.7 Å². The van der Waals surface area contributed by atoms with Crippen LogP contribution in [0.5, 0.6) is 0 Å². The number of rotatable bonds is 18. The number of nitrogens with zero attached hydrogens (tertiary/aromatic N) is 10. The van der Waals surface area contributed by atoms with Crippen molar-refractivity contribution in [3.63, 3.8) is 0 Å². The maximum atomic E-state index is 14.0. The topological polar surface area (TPSA) is 352 Å². The van der Waals surface area contributed by atoms with Gasteiger partial charge in [0.25, 0.3) is 0 Å². The van der Waals surface area contributed by atoms with Gasteiger partial charge in [0.1, 0.15) is 34.9 Å². The Balaban J connectivity index is 0.000000131. The molecule has 26 nitrogen and oxygen atoms in total. The zero-order chi connectivity index (χ0) is 93.7. The Bertz CT molecular complexity index is 7360. The number of carboxylic acids is 1. The van der Waals surface area contributed by atoms with Gasteiger partial charge in [0.15, 0.2) is 43.3 Å². The Morgan fingerprint density at radius 1 is 0.481 bits per heavy atom. The van der Waals surface area contributed by atoms with Crippen molar-refractivity contribution in [2.24, 2.45) is 10.3 Å². The van der Waals surface area contributed by atoms with Crippen molar-refractivity contribution in [3.8, 4) is 20.5 Å². The lowest BCUT2D eigenvalue weighted by atomic mass is 9.79. The van der Waals surface area contributed by atoms with Gasteiger partial charge in [-0.15, -0.1) is 45.3 Å². The molecule has 0 atom stereocenters. The number of pyridine rings is 2. The SMILES string of the molecule is CCOC(=O)c1csc(-n2cc(B3OC(C)(C)C(C)(C)O3)c3cc(F)ccc32)n1.CCOC(=O)c1csc(-n2cc(Br)c3cc(F)ccc32)n1.CCOC(=O)c1csc(-n2cc(Cc3ccc(S(N)(=O)=O)cc3)c3cc(F)ccc32)n1.Fc1cnc2c(c1)C(Br)=CC2.Fc1cnc2c(c1)C=CC2.NS(=O)(=O)c1ccc(Cc2cn(-c3nc(C(=O)O)cs3)c3ccc(F)cc23)cc1. The second kappa shape index (κ2) is 40.0. The van der Waals surface area contributed by atoms with Gasteiger partial charge in [-0.1, -0.05) is 58.4 Å². The first-order chi connectivity index (χ1) is 62.3. The Morgan fingerprint density at radius 3 is 1.27 bits per heavy atom. The van der Waals surface area contributed by atoms with E-state index in [9.17, 15) is 62.4 Å². The summed E-state index contributed by atoms with van der Waals surface area (Å²) in [6.45, 7) is 13.9. The second-order valence-electron chi connectivity index (χ2n) is 30.0. The molecular formula is C90H75BBr2F6N12O14S6. The number of carbonyl (C=O) groups excluding carboxylic acids is 3. The molecular weight excluding hydrogens is 1950 g/mol. The smallest absolute Gasteiger partial charge is 0.476 e. The number of carboxylic acid groups (broad SMARTS) is 1. The minimum atomic E-state index is -3.78. The molecule has 6 aromatic carbocycles. The molecule has 10 aromatic heterocycles. The summed E-state index contributed by atoms with van der Waals surface area (Å²) in [5, 5.41) is 30.7. The van der Waals surface area contributed by atoms with Gasteiger partial charge in [-0.2, -0.15) is 0 Å². The zero-order valence-electron chi connectivity index (χ0n) is 70.1. The van der Waals surface area contributed by atoms with Crippen molar-refractivity contribution in [3.05, 3.63) is 311 Å². The van der Waals surface area contributed by atoms with Crippen LogP contribution in [0, 0.1) is 34.9 Å². The van der Waals surface area contributed by atoms with Gasteiger partial charge in [0.05, 0.1) is 86.7 Å². The highest BCUT2D eigenvalue weighted by atomic mass is 79.9. The van der Waals surface area contributed by atoms with Crippen LogP contribution in [-0.2, 0) is 69.2 Å². The predicted molar refractivity (Wildman–Crippen MR) is 497 cm³/mol. The van der Waals surface area contributed by atoms with Crippen molar-refractivity contribution in [2.45, 2.75) is 95.1 Å². The quantitative estimate of drug-likeness (QED) is 0.0311. The largest absolute Gasteiger partial charge is 0.497 e. The van der Waals surface area contributed by atoms with E-state index < -0.39 is 68.1 Å². The van der Waals surface area contributed by atoms with Crippen LogP contribution in [0.3, 0.4) is 0 Å². The van der Waals surface area contributed by atoms with Gasteiger partial charge in [-0.05, 0) is 214 Å². The van der Waals surface area contributed by atoms with Gasteiger partial charge in [-0.25, -0.2) is 92.6 Å². The number of nitrogens with two attached hydrogens (primary N) is 2. The number of ether oxygens (including phenoxy) is 3. The van der Waals surface area contributed by atoms with Crippen LogP contribution in [0.4, 0.5) is 26.3 Å². The molecule has 16 aromatic rings. The molecule has 5 N–H and O–H groups in total. The lowest BCUT2D eigenvalue weighted by Gasteiger charge is -2.32. The molecule has 0 bridgehead atoms. The molecule has 0 unspecified atom stereocenters. The Kier molecular flexibility index (Phi) is 29.0. The number of fused-ring (bicyclic) bond motifs is 6. The highest BCUT2D eigenvalue weighted by Crippen LogP contribution is 2.40. The normalized spacial score (nSPS) is 13.4. The fourth-order valence-electron chi connectivity index (χ4n) is 13.8. The molecule has 0 spiro atoms. The molecule has 0 saturated carbocycles. The number of esters is 3. The molecule has 131 heavy (non-hydrogen) atoms. The van der Waals surface area contributed by atoms with E-state index in [0.717, 1.165) is 88.5 Å². The van der Waals surface area contributed by atoms with Crippen molar-refractivity contribution in [1.29, 1.82) is 0 Å². The lowest BCUT2D eigenvalue weighted by molar-refractivity contribution is 0.00578. The summed E-state index contributed by atoms with van der Waals surface area (Å²) in [7, 11) is -8.19. The number of hydrogen-bond donors (Lipinski definition) is 3. The number of thiazole rings is 4. The van der Waals surface area contributed by atoms with Crippen LogP contribution < -0.4 is 15.7 Å². The van der Waals surface area contributed by atoms with Crippen LogP contribution >= 0.6 is 77.2 Å². The number of carbonyl (C=O) groups is 4. The summed E-state index contributed by atoms with van der Waals surface area (Å²) in [4.78, 5) is 71.8. The number of sulfonamides is 2. The maximum Gasteiger partial charge on any atom is 0.497 e. The van der Waals surface area contributed by atoms with Gasteiger partial charge in [0.2, 0.25) is 20.0 Å². The third-order valence-corrected chi connectivity index (χ3v) is 27.3. The Labute approximate surface area is 778 Å². The summed E-state index contributed by atoms with van der Waals surface area (Å²) in [5.41, 5.74) is 10.3. The average Bonchev–Trinajstić information content (AvgIpc) is 1.57. The molecule has 674 valence electrons. The monoisotopic (exact) mass is 2020 g/mol. The van der Waals surface area contributed by atoms with E-state index in [0.29, 0.717) is 67.1 Å². The van der Waals surface area contributed by atoms with Crippen LogP contribution in [0.2, 0.25) is 0 Å². The highest BCUT2D eigenvalue weighted by molar-refractivity contribution is 9.15. The van der Waals surface area contributed by atoms with Crippen LogP contribution in [0.1, 0.15) is 135 Å². The van der Waals surface area contributed by atoms with Gasteiger partial charge in [0, 0.05) is 101 Å². The summed E-state index contributed by atoms with van der Waals surface area (Å²) < 4.78 is 162. The molecule has 1 aliphatic heterocycles. The zero-order valence-corrected chi connectivity index (χ0v) is 78.2. The number of halogens is 8. The summed E-state index contributed by atoms with van der Waals surface area (Å²) in [5.74, 6) is -4.49. The first-order valence-corrected chi connectivity index (χ1v) is 47.9. The van der Waals surface area contributed by atoms with Crippen molar-refractivity contribution in [2.75, 3.05) is 19.8 Å². The van der Waals surface area contributed by atoms with Crippen LogP contribution in [-0.4, -0.2) is 132 Å². The number of hydrogen-bond acceptors (Lipinski definition) is 23. The van der Waals surface area contributed by atoms with E-state index in [1.165, 1.54) is 148 Å². The molecule has 0 radical (unpaired) electrons. The molecule has 1 saturated heterocycles. The van der Waals surface area contributed by atoms with Crippen molar-refractivity contribution in [1.82, 2.24) is 48.2 Å². The van der Waals surface area contributed by atoms with E-state index in [2.05, 4.69) is 61.8 Å². The van der Waals surface area contributed by atoms with E-state index in [4.69, 9.17) is 38.9 Å². The number of aromatic nitrogens is 10. The molecule has 1 fully saturated rings. The molecule has 41 heteroatoms. The van der Waals surface area contributed by atoms with Crippen molar-refractivity contribution >= 4 is 188 Å². The number of allylic oxidation sites excluding steroid dienone is 2. The molecule has 2 aliphatic carbocycles. The third kappa shape index (κ3) is 21.9. The second-order valence-corrected chi connectivity index (χ2v) is 38.2. The van der Waals surface area contributed by atoms with Crippen molar-refractivity contribution < 1.29 is 91.0 Å². The third-order valence-electron chi connectivity index (χ3n) is 20.7. The first-order valence-electron chi connectivity index (χ1n) is 39.7. The minimum absolute atomic E-state index is 0.0127. The van der Waals surface area contributed by atoms with E-state index in [1.807, 2.05) is 67.5 Å². The van der Waals surface area contributed by atoms with Crippen LogP contribution in [0.15, 0.2) is 219 Å². The van der Waals surface area contributed by atoms with Gasteiger partial charge >= 0.3 is 31.0 Å². The first kappa shape index (κ1) is 95.1. The van der Waals surface area contributed by atoms with E-state index in [-0.39, 0.29) is 74.9 Å². The van der Waals surface area contributed by atoms with Gasteiger partial charge in [-0.3, -0.25) is 28.2 Å². The summed E-state index contributed by atoms with van der Waals surface area (Å²) in [6.07, 6.45) is 18.1. The molecule has 11 heterocycles. The van der Waals surface area contributed by atoms with E-state index in [1.54, 1.807) is 107 Å². The summed E-state index contributed by atoms with van der Waals surface area (Å²) in [6, 6.07) is 33.3. The molecule has 3 aliphatic rings. The average molecular weight is 2030 g/mol. The lowest BCUT2D eigenvalue weighted by Crippen LogP contribution is -2.41. The van der Waals surface area contributed by atoms with E-state index >= 15 is 0 Å². The molecule has 19 rings (SSSR count). The fourth-order valence-corrected chi connectivity index (χ4v) is 18.9. The maximum absolute atomic E-state index is 14.0. The Morgan fingerprint density at radius 2 is 0.855 bits per heavy atom. The predicted octanol–water partition coefficient (Wildman–Crippen LogP) is 19.0. The van der Waals surface area contributed by atoms with Gasteiger partial charge < -0.3 is 28.6 Å². The Hall–Kier alpha value is -12.0. The summed E-state index contributed by atoms with van der Waals surface area (Å²) >= 11 is 11.8. The number of primary sulfonamides is 2. The number of aromatic carboxylic acids is 1. The number of benzene rings is 6. The minimum Gasteiger partial charge on any atom is -0.476 e.